The maximum absolute atomic E-state index is 12.6. The normalized spacial score (nSPS) is 17.7. The molecular formula is C17H23N5OS. The molecule has 0 spiro atoms. The van der Waals surface area contributed by atoms with Gasteiger partial charge in [0.25, 0.3) is 0 Å². The van der Waals surface area contributed by atoms with Crippen molar-refractivity contribution in [1.29, 1.82) is 0 Å². The molecule has 1 N–H and O–H groups in total. The van der Waals surface area contributed by atoms with Crippen LogP contribution in [-0.2, 0) is 4.79 Å². The van der Waals surface area contributed by atoms with E-state index >= 15 is 0 Å². The van der Waals surface area contributed by atoms with Crippen molar-refractivity contribution >= 4 is 23.2 Å². The molecule has 1 unspecified atom stereocenters. The first-order valence-electron chi connectivity index (χ1n) is 8.46. The van der Waals surface area contributed by atoms with Gasteiger partial charge < -0.3 is 10.2 Å². The number of nitrogens with one attached hydrogen (secondary N) is 1. The number of amides is 1. The summed E-state index contributed by atoms with van der Waals surface area (Å²) in [4.78, 5) is 27.5. The highest BCUT2D eigenvalue weighted by Crippen LogP contribution is 2.33. The number of aromatic nitrogens is 3. The Morgan fingerprint density at radius 2 is 2.21 bits per heavy atom. The molecule has 0 radical (unpaired) electrons. The molecule has 0 bridgehead atoms. The molecule has 0 aliphatic carbocycles. The van der Waals surface area contributed by atoms with E-state index in [0.717, 1.165) is 36.5 Å². The monoisotopic (exact) mass is 345 g/mol. The van der Waals surface area contributed by atoms with Crippen LogP contribution < -0.4 is 5.32 Å². The standard InChI is InChI=1S/C17H23N5OS/c1-13-12-24-16(21-13)14-6-2-3-11-22(14)15(23)7-4-8-18-17-19-9-5-10-20-17/h5,9-10,12,14H,2-4,6-8,11H2,1H3,(H,18,19,20). The molecule has 2 aromatic rings. The molecule has 2 aromatic heterocycles. The third-order valence-electron chi connectivity index (χ3n) is 4.16. The van der Waals surface area contributed by atoms with Crippen LogP contribution in [0.5, 0.6) is 0 Å². The molecule has 3 heterocycles. The number of likely N-dealkylation sites (tertiary alicyclic amines) is 1. The van der Waals surface area contributed by atoms with E-state index in [1.165, 1.54) is 6.42 Å². The highest BCUT2D eigenvalue weighted by Gasteiger charge is 2.29. The molecule has 1 aliphatic heterocycles. The number of hydrogen-bond donors (Lipinski definition) is 1. The molecule has 1 aliphatic rings. The summed E-state index contributed by atoms with van der Waals surface area (Å²) < 4.78 is 0. The van der Waals surface area contributed by atoms with Gasteiger partial charge in [0, 0.05) is 43.0 Å². The van der Waals surface area contributed by atoms with E-state index in [1.54, 1.807) is 29.8 Å². The lowest BCUT2D eigenvalue weighted by Crippen LogP contribution is -2.38. The topological polar surface area (TPSA) is 71.0 Å². The van der Waals surface area contributed by atoms with Gasteiger partial charge in [-0.2, -0.15) is 0 Å². The zero-order valence-corrected chi connectivity index (χ0v) is 14.8. The number of aryl methyl sites for hydroxylation is 1. The number of piperidine rings is 1. The molecule has 24 heavy (non-hydrogen) atoms. The average Bonchev–Trinajstić information content (AvgIpc) is 3.06. The maximum atomic E-state index is 12.6. The van der Waals surface area contributed by atoms with Gasteiger partial charge in [-0.25, -0.2) is 15.0 Å². The van der Waals surface area contributed by atoms with E-state index in [4.69, 9.17) is 0 Å². The van der Waals surface area contributed by atoms with Crippen molar-refractivity contribution in [2.45, 2.75) is 45.1 Å². The Labute approximate surface area is 146 Å². The van der Waals surface area contributed by atoms with Crippen LogP contribution in [0.3, 0.4) is 0 Å². The van der Waals surface area contributed by atoms with Gasteiger partial charge in [-0.1, -0.05) is 0 Å². The molecule has 1 amide bonds. The van der Waals surface area contributed by atoms with E-state index in [0.29, 0.717) is 18.9 Å². The van der Waals surface area contributed by atoms with Gasteiger partial charge in [-0.05, 0) is 38.7 Å². The van der Waals surface area contributed by atoms with Crippen molar-refractivity contribution in [2.24, 2.45) is 0 Å². The zero-order valence-electron chi connectivity index (χ0n) is 13.9. The van der Waals surface area contributed by atoms with Crippen molar-refractivity contribution in [1.82, 2.24) is 19.9 Å². The third-order valence-corrected chi connectivity index (χ3v) is 5.23. The Hall–Kier alpha value is -2.02. The highest BCUT2D eigenvalue weighted by atomic mass is 32.1. The first-order valence-corrected chi connectivity index (χ1v) is 9.34. The number of thiazole rings is 1. The number of nitrogens with zero attached hydrogens (tertiary/aromatic N) is 4. The lowest BCUT2D eigenvalue weighted by Gasteiger charge is -2.34. The number of carbonyl (C=O) groups is 1. The second kappa shape index (κ2) is 8.19. The van der Waals surface area contributed by atoms with Crippen LogP contribution in [0.25, 0.3) is 0 Å². The van der Waals surface area contributed by atoms with Gasteiger partial charge in [0.1, 0.15) is 5.01 Å². The van der Waals surface area contributed by atoms with Gasteiger partial charge in [0.15, 0.2) is 0 Å². The van der Waals surface area contributed by atoms with Gasteiger partial charge in [-0.3, -0.25) is 4.79 Å². The molecule has 6 nitrogen and oxygen atoms in total. The Balaban J connectivity index is 1.51. The molecule has 0 saturated carbocycles. The van der Waals surface area contributed by atoms with Crippen molar-refractivity contribution in [3.63, 3.8) is 0 Å². The summed E-state index contributed by atoms with van der Waals surface area (Å²) in [5, 5.41) is 6.29. The fourth-order valence-corrected chi connectivity index (χ4v) is 3.93. The Morgan fingerprint density at radius 3 is 2.96 bits per heavy atom. The van der Waals surface area contributed by atoms with Crippen molar-refractivity contribution in [3.8, 4) is 0 Å². The molecule has 1 fully saturated rings. The SMILES string of the molecule is Cc1csc(C2CCCCN2C(=O)CCCNc2ncccn2)n1. The van der Waals surface area contributed by atoms with Crippen LogP contribution in [0.15, 0.2) is 23.8 Å². The molecule has 3 rings (SSSR count). The molecule has 1 saturated heterocycles. The van der Waals surface area contributed by atoms with Crippen LogP contribution in [0.2, 0.25) is 0 Å². The van der Waals surface area contributed by atoms with Crippen LogP contribution in [0, 0.1) is 6.92 Å². The summed E-state index contributed by atoms with van der Waals surface area (Å²) in [6.07, 6.45) is 8.00. The summed E-state index contributed by atoms with van der Waals surface area (Å²) >= 11 is 1.67. The smallest absolute Gasteiger partial charge is 0.223 e. The number of anilines is 1. The van der Waals surface area contributed by atoms with E-state index in [1.807, 2.05) is 11.8 Å². The van der Waals surface area contributed by atoms with Gasteiger partial charge >= 0.3 is 0 Å². The minimum atomic E-state index is 0.162. The van der Waals surface area contributed by atoms with E-state index in [-0.39, 0.29) is 11.9 Å². The minimum absolute atomic E-state index is 0.162. The molecule has 0 aromatic carbocycles. The summed E-state index contributed by atoms with van der Waals surface area (Å²) in [7, 11) is 0. The summed E-state index contributed by atoms with van der Waals surface area (Å²) in [6.45, 7) is 3.55. The Morgan fingerprint density at radius 1 is 1.38 bits per heavy atom. The predicted molar refractivity (Wildman–Crippen MR) is 94.9 cm³/mol. The Bertz CT molecular complexity index is 660. The fraction of sp³-hybridized carbons (Fsp3) is 0.529. The third kappa shape index (κ3) is 4.29. The highest BCUT2D eigenvalue weighted by molar-refractivity contribution is 7.09. The first kappa shape index (κ1) is 16.8. The predicted octanol–water partition coefficient (Wildman–Crippen LogP) is 3.19. The van der Waals surface area contributed by atoms with Crippen LogP contribution in [0.1, 0.15) is 48.8 Å². The van der Waals surface area contributed by atoms with Crippen molar-refractivity contribution < 1.29 is 4.79 Å². The van der Waals surface area contributed by atoms with Gasteiger partial charge in [-0.15, -0.1) is 11.3 Å². The number of rotatable bonds is 6. The van der Waals surface area contributed by atoms with E-state index in [2.05, 4.69) is 25.6 Å². The van der Waals surface area contributed by atoms with Crippen LogP contribution in [-0.4, -0.2) is 38.8 Å². The van der Waals surface area contributed by atoms with Crippen molar-refractivity contribution in [3.05, 3.63) is 34.5 Å². The average molecular weight is 345 g/mol. The van der Waals surface area contributed by atoms with Gasteiger partial charge in [0.05, 0.1) is 6.04 Å². The summed E-state index contributed by atoms with van der Waals surface area (Å²) in [5.74, 6) is 0.836. The fourth-order valence-electron chi connectivity index (χ4n) is 2.99. The Kier molecular flexibility index (Phi) is 5.74. The lowest BCUT2D eigenvalue weighted by molar-refractivity contribution is -0.135. The van der Waals surface area contributed by atoms with Crippen LogP contribution >= 0.6 is 11.3 Å². The van der Waals surface area contributed by atoms with Crippen molar-refractivity contribution in [2.75, 3.05) is 18.4 Å². The number of carbonyl (C=O) groups excluding carboxylic acids is 1. The molecule has 128 valence electrons. The van der Waals surface area contributed by atoms with E-state index < -0.39 is 0 Å². The quantitative estimate of drug-likeness (QED) is 0.814. The summed E-state index contributed by atoms with van der Waals surface area (Å²) in [6, 6.07) is 1.95. The van der Waals surface area contributed by atoms with Crippen LogP contribution in [0.4, 0.5) is 5.95 Å². The number of hydrogen-bond acceptors (Lipinski definition) is 6. The maximum Gasteiger partial charge on any atom is 0.223 e. The first-order chi connectivity index (χ1) is 11.7. The van der Waals surface area contributed by atoms with E-state index in [9.17, 15) is 4.79 Å². The minimum Gasteiger partial charge on any atom is -0.354 e. The molecular weight excluding hydrogens is 322 g/mol. The second-order valence-corrected chi connectivity index (χ2v) is 6.92. The summed E-state index contributed by atoms with van der Waals surface area (Å²) in [5.41, 5.74) is 1.04. The second-order valence-electron chi connectivity index (χ2n) is 6.03. The lowest BCUT2D eigenvalue weighted by atomic mass is 10.0. The molecule has 7 heteroatoms. The zero-order chi connectivity index (χ0) is 16.8. The van der Waals surface area contributed by atoms with Gasteiger partial charge in [0.2, 0.25) is 11.9 Å². The molecule has 1 atom stereocenters. The largest absolute Gasteiger partial charge is 0.354 e.